The fourth-order valence-corrected chi connectivity index (χ4v) is 2.85. The number of nitro groups is 1. The van der Waals surface area contributed by atoms with Crippen molar-refractivity contribution in [3.05, 3.63) is 34.4 Å². The quantitative estimate of drug-likeness (QED) is 0.369. The third-order valence-electron chi connectivity index (χ3n) is 3.35. The molecule has 9 nitrogen and oxygen atoms in total. The maximum absolute atomic E-state index is 12.1. The molecule has 0 bridgehead atoms. The van der Waals surface area contributed by atoms with Gasteiger partial charge >= 0.3 is 0 Å². The Kier molecular flexibility index (Phi) is 8.16. The molecule has 1 rings (SSSR count). The summed E-state index contributed by atoms with van der Waals surface area (Å²) >= 11 is 0. The Bertz CT molecular complexity index is 729. The van der Waals surface area contributed by atoms with E-state index in [4.69, 9.17) is 0 Å². The first-order chi connectivity index (χ1) is 11.8. The van der Waals surface area contributed by atoms with Crippen molar-refractivity contribution in [1.82, 2.24) is 10.1 Å². The van der Waals surface area contributed by atoms with E-state index < -0.39 is 27.4 Å². The molecule has 0 aliphatic heterocycles. The Hall–Kier alpha value is -2.33. The predicted molar refractivity (Wildman–Crippen MR) is 93.7 cm³/mol. The lowest BCUT2D eigenvalue weighted by Crippen LogP contribution is -2.35. The summed E-state index contributed by atoms with van der Waals surface area (Å²) < 4.78 is 26.2. The first kappa shape index (κ1) is 20.7. The zero-order valence-electron chi connectivity index (χ0n) is 14.2. The number of hydrogen-bond acceptors (Lipinski definition) is 6. The van der Waals surface area contributed by atoms with Crippen molar-refractivity contribution in [3.8, 4) is 0 Å². The number of nitrogens with zero attached hydrogens (tertiary/aromatic N) is 2. The molecule has 0 aliphatic rings. The van der Waals surface area contributed by atoms with Gasteiger partial charge in [0.2, 0.25) is 10.0 Å². The standard InChI is InChI=1S/C15H22N4O5S/c1-3-5-6-12(4-2)17-18-15(20)11-16-25(23,24)14-9-7-13(8-10-14)19(21)22/h7-10,16H,3-6,11H2,1-2H3,(H,18,20). The van der Waals surface area contributed by atoms with Crippen molar-refractivity contribution in [2.24, 2.45) is 5.10 Å². The fraction of sp³-hybridized carbons (Fsp3) is 0.467. The van der Waals surface area contributed by atoms with Gasteiger partial charge in [0.25, 0.3) is 11.6 Å². The fourth-order valence-electron chi connectivity index (χ4n) is 1.86. The van der Waals surface area contributed by atoms with E-state index in [0.29, 0.717) is 6.42 Å². The number of hydrogen-bond donors (Lipinski definition) is 2. The topological polar surface area (TPSA) is 131 Å². The Balaban J connectivity index is 2.61. The number of nitrogens with one attached hydrogen (secondary N) is 2. The third-order valence-corrected chi connectivity index (χ3v) is 4.76. The van der Waals surface area contributed by atoms with Crippen LogP contribution < -0.4 is 10.1 Å². The Labute approximate surface area is 146 Å². The zero-order valence-corrected chi connectivity index (χ0v) is 15.0. The van der Waals surface area contributed by atoms with Gasteiger partial charge in [0.1, 0.15) is 0 Å². The highest BCUT2D eigenvalue weighted by atomic mass is 32.2. The van der Waals surface area contributed by atoms with E-state index in [9.17, 15) is 23.3 Å². The van der Waals surface area contributed by atoms with Gasteiger partial charge in [-0.25, -0.2) is 18.6 Å². The van der Waals surface area contributed by atoms with Crippen molar-refractivity contribution in [2.45, 2.75) is 44.4 Å². The lowest BCUT2D eigenvalue weighted by molar-refractivity contribution is -0.384. The highest BCUT2D eigenvalue weighted by molar-refractivity contribution is 7.89. The van der Waals surface area contributed by atoms with E-state index in [0.717, 1.165) is 49.2 Å². The van der Waals surface area contributed by atoms with Crippen molar-refractivity contribution in [2.75, 3.05) is 6.54 Å². The van der Waals surface area contributed by atoms with Crippen LogP contribution in [0.2, 0.25) is 0 Å². The number of unbranched alkanes of at least 4 members (excludes halogenated alkanes) is 1. The second-order valence-electron chi connectivity index (χ2n) is 5.25. The van der Waals surface area contributed by atoms with Crippen molar-refractivity contribution in [1.29, 1.82) is 0 Å². The molecule has 0 heterocycles. The maximum Gasteiger partial charge on any atom is 0.269 e. The van der Waals surface area contributed by atoms with Crippen LogP contribution in [0.5, 0.6) is 0 Å². The van der Waals surface area contributed by atoms with E-state index in [1.165, 1.54) is 0 Å². The highest BCUT2D eigenvalue weighted by Gasteiger charge is 2.17. The van der Waals surface area contributed by atoms with Crippen LogP contribution in [-0.2, 0) is 14.8 Å². The summed E-state index contributed by atoms with van der Waals surface area (Å²) in [5.74, 6) is -0.590. The van der Waals surface area contributed by atoms with Crippen LogP contribution in [0.1, 0.15) is 39.5 Å². The maximum atomic E-state index is 12.1. The Morgan fingerprint density at radius 3 is 2.40 bits per heavy atom. The van der Waals surface area contributed by atoms with E-state index >= 15 is 0 Å². The van der Waals surface area contributed by atoms with Crippen LogP contribution >= 0.6 is 0 Å². The SMILES string of the molecule is CCCCC(CC)=NNC(=O)CNS(=O)(=O)c1ccc([N+](=O)[O-])cc1. The predicted octanol–water partition coefficient (Wildman–Crippen LogP) is 1.95. The van der Waals surface area contributed by atoms with Gasteiger partial charge in [-0.05, 0) is 31.4 Å². The third kappa shape index (κ3) is 6.98. The average molecular weight is 370 g/mol. The normalized spacial score (nSPS) is 12.0. The molecule has 0 fully saturated rings. The van der Waals surface area contributed by atoms with Crippen LogP contribution in [0, 0.1) is 10.1 Å². The summed E-state index contributed by atoms with van der Waals surface area (Å²) in [6.45, 7) is 3.50. The highest BCUT2D eigenvalue weighted by Crippen LogP contribution is 2.15. The average Bonchev–Trinajstić information content (AvgIpc) is 2.60. The molecule has 1 aromatic rings. The molecule has 0 saturated heterocycles. The van der Waals surface area contributed by atoms with Crippen LogP contribution in [-0.4, -0.2) is 31.5 Å². The van der Waals surface area contributed by atoms with E-state index in [-0.39, 0.29) is 10.6 Å². The molecule has 0 atom stereocenters. The molecule has 0 unspecified atom stereocenters. The van der Waals surface area contributed by atoms with Crippen LogP contribution in [0.25, 0.3) is 0 Å². The lowest BCUT2D eigenvalue weighted by atomic mass is 10.1. The van der Waals surface area contributed by atoms with Gasteiger partial charge in [-0.3, -0.25) is 14.9 Å². The van der Waals surface area contributed by atoms with Crippen LogP contribution in [0.3, 0.4) is 0 Å². The smallest absolute Gasteiger partial charge is 0.269 e. The number of benzene rings is 1. The molecule has 0 saturated carbocycles. The van der Waals surface area contributed by atoms with E-state index in [1.54, 1.807) is 0 Å². The molecule has 0 aliphatic carbocycles. The number of nitro benzene ring substituents is 1. The summed E-state index contributed by atoms with van der Waals surface area (Å²) in [6.07, 6.45) is 3.47. The van der Waals surface area contributed by atoms with Gasteiger partial charge in [0.05, 0.1) is 16.4 Å². The van der Waals surface area contributed by atoms with E-state index in [1.807, 2.05) is 6.92 Å². The number of sulfonamides is 1. The second-order valence-corrected chi connectivity index (χ2v) is 7.01. The number of rotatable bonds is 10. The molecule has 2 N–H and O–H groups in total. The number of carbonyl (C=O) groups excluding carboxylic acids is 1. The van der Waals surface area contributed by atoms with E-state index in [2.05, 4.69) is 22.2 Å². The molecule has 1 amide bonds. The van der Waals surface area contributed by atoms with Crippen LogP contribution in [0.4, 0.5) is 5.69 Å². The van der Waals surface area contributed by atoms with Crippen molar-refractivity contribution in [3.63, 3.8) is 0 Å². The molecule has 138 valence electrons. The molecular formula is C15H22N4O5S. The van der Waals surface area contributed by atoms with Gasteiger partial charge in [-0.2, -0.15) is 5.10 Å². The molecule has 0 radical (unpaired) electrons. The van der Waals surface area contributed by atoms with Gasteiger partial charge in [0.15, 0.2) is 0 Å². The molecule has 1 aromatic carbocycles. The van der Waals surface area contributed by atoms with Gasteiger partial charge in [-0.1, -0.05) is 20.3 Å². The van der Waals surface area contributed by atoms with Gasteiger partial charge < -0.3 is 0 Å². The monoisotopic (exact) mass is 370 g/mol. The Morgan fingerprint density at radius 1 is 1.24 bits per heavy atom. The minimum absolute atomic E-state index is 0.161. The van der Waals surface area contributed by atoms with Crippen molar-refractivity contribution < 1.29 is 18.1 Å². The molecule has 0 aromatic heterocycles. The summed E-state index contributed by atoms with van der Waals surface area (Å²) in [7, 11) is -3.94. The minimum atomic E-state index is -3.94. The number of hydrazone groups is 1. The molecule has 0 spiro atoms. The molecule has 10 heteroatoms. The Morgan fingerprint density at radius 2 is 1.88 bits per heavy atom. The first-order valence-electron chi connectivity index (χ1n) is 7.88. The first-order valence-corrected chi connectivity index (χ1v) is 9.36. The molecule has 25 heavy (non-hydrogen) atoms. The van der Waals surface area contributed by atoms with Crippen molar-refractivity contribution >= 4 is 27.3 Å². The second kappa shape index (κ2) is 9.84. The number of carbonyl (C=O) groups is 1. The lowest BCUT2D eigenvalue weighted by Gasteiger charge is -2.07. The van der Waals surface area contributed by atoms with Gasteiger partial charge in [0, 0.05) is 17.8 Å². The zero-order chi connectivity index (χ0) is 18.9. The minimum Gasteiger partial charge on any atom is -0.272 e. The number of amides is 1. The summed E-state index contributed by atoms with van der Waals surface area (Å²) in [5.41, 5.74) is 2.95. The van der Waals surface area contributed by atoms with Crippen LogP contribution in [0.15, 0.2) is 34.3 Å². The molecular weight excluding hydrogens is 348 g/mol. The summed E-state index contributed by atoms with van der Waals surface area (Å²) in [5, 5.41) is 14.6. The number of non-ortho nitro benzene ring substituents is 1. The summed E-state index contributed by atoms with van der Waals surface area (Å²) in [4.78, 5) is 21.5. The largest absolute Gasteiger partial charge is 0.272 e. The van der Waals surface area contributed by atoms with Gasteiger partial charge in [-0.15, -0.1) is 0 Å². The summed E-state index contributed by atoms with van der Waals surface area (Å²) in [6, 6.07) is 4.38.